The van der Waals surface area contributed by atoms with Gasteiger partial charge in [-0.05, 0) is 35.0 Å². The Morgan fingerprint density at radius 3 is 1.52 bits per heavy atom. The van der Waals surface area contributed by atoms with Crippen LogP contribution in [0.4, 0.5) is 0 Å². The molecule has 110 valence electrons. The van der Waals surface area contributed by atoms with Gasteiger partial charge < -0.3 is 0 Å². The first-order valence-corrected chi connectivity index (χ1v) is 11.6. The van der Waals surface area contributed by atoms with Crippen LogP contribution in [0.2, 0.25) is 0 Å². The molecular weight excluding hydrogens is 353 g/mol. The molecule has 0 radical (unpaired) electrons. The first kappa shape index (κ1) is 15.7. The summed E-state index contributed by atoms with van der Waals surface area (Å²) in [6.45, 7) is 0. The maximum Gasteiger partial charge on any atom is 0.0282 e. The first-order valence-electron chi connectivity index (χ1n) is 6.68. The van der Waals surface area contributed by atoms with Gasteiger partial charge in [-0.1, -0.05) is 12.1 Å². The van der Waals surface area contributed by atoms with E-state index < -0.39 is 0 Å². The number of thiophene rings is 3. The van der Waals surface area contributed by atoms with Crippen LogP contribution in [-0.4, -0.2) is 0 Å². The van der Waals surface area contributed by atoms with Gasteiger partial charge in [0.15, 0.2) is 0 Å². The third kappa shape index (κ3) is 5.18. The Bertz CT molecular complexity index is 567. The Balaban J connectivity index is 1.39. The summed E-state index contributed by atoms with van der Waals surface area (Å²) in [5.74, 6) is 4.55. The Morgan fingerprint density at radius 2 is 1.10 bits per heavy atom. The zero-order chi connectivity index (χ0) is 14.3. The Hall–Kier alpha value is -0.200. The van der Waals surface area contributed by atoms with E-state index in [0.717, 1.165) is 23.0 Å². The van der Waals surface area contributed by atoms with E-state index in [-0.39, 0.29) is 0 Å². The first-order chi connectivity index (χ1) is 10.4. The summed E-state index contributed by atoms with van der Waals surface area (Å²) in [5, 5.41) is 4.31. The molecule has 0 fully saturated rings. The molecule has 0 unspecified atom stereocenters. The van der Waals surface area contributed by atoms with Crippen LogP contribution in [0, 0.1) is 0 Å². The number of rotatable bonds is 8. The minimum absolute atomic E-state index is 1.14. The van der Waals surface area contributed by atoms with E-state index in [0.29, 0.717) is 0 Å². The molecule has 0 aliphatic carbocycles. The quantitative estimate of drug-likeness (QED) is 0.432. The highest BCUT2D eigenvalue weighted by molar-refractivity contribution is 7.98. The van der Waals surface area contributed by atoms with Gasteiger partial charge >= 0.3 is 0 Å². The third-order valence-electron chi connectivity index (χ3n) is 2.85. The molecule has 0 aliphatic heterocycles. The van der Waals surface area contributed by atoms with Crippen LogP contribution < -0.4 is 0 Å². The average Bonchev–Trinajstić information content (AvgIpc) is 3.21. The maximum atomic E-state index is 2.30. The smallest absolute Gasteiger partial charge is 0.0282 e. The van der Waals surface area contributed by atoms with Crippen LogP contribution in [-0.2, 0) is 23.0 Å². The highest BCUT2D eigenvalue weighted by atomic mass is 32.2. The van der Waals surface area contributed by atoms with Gasteiger partial charge in [-0.25, -0.2) is 0 Å². The summed E-state index contributed by atoms with van der Waals surface area (Å²) in [7, 11) is 0. The maximum absolute atomic E-state index is 2.30. The molecule has 0 nitrogen and oxygen atoms in total. The van der Waals surface area contributed by atoms with Crippen molar-refractivity contribution in [3.05, 3.63) is 66.7 Å². The summed E-state index contributed by atoms with van der Waals surface area (Å²) in [6, 6.07) is 13.3. The van der Waals surface area contributed by atoms with Crippen molar-refractivity contribution in [2.75, 3.05) is 0 Å². The highest BCUT2D eigenvalue weighted by Crippen LogP contribution is 2.28. The molecule has 0 spiro atoms. The fraction of sp³-hybridized carbons (Fsp3) is 0.250. The van der Waals surface area contributed by atoms with Crippen LogP contribution in [0.5, 0.6) is 0 Å². The van der Waals surface area contributed by atoms with Crippen molar-refractivity contribution in [2.24, 2.45) is 0 Å². The van der Waals surface area contributed by atoms with Gasteiger partial charge in [0.1, 0.15) is 0 Å². The monoisotopic (exact) mass is 368 g/mol. The summed E-state index contributed by atoms with van der Waals surface area (Å²) in [4.78, 5) is 5.96. The fourth-order valence-corrected chi connectivity index (χ4v) is 6.87. The van der Waals surface area contributed by atoms with E-state index in [2.05, 4.69) is 47.2 Å². The van der Waals surface area contributed by atoms with E-state index in [1.807, 2.05) is 57.5 Å². The van der Waals surface area contributed by atoms with Gasteiger partial charge in [-0.3, -0.25) is 0 Å². The number of hydrogen-bond acceptors (Lipinski definition) is 5. The third-order valence-corrected chi connectivity index (χ3v) is 8.48. The SMILES string of the molecule is c1csc(CSCc2ccc(CSCc3cccs3)s2)c1. The van der Waals surface area contributed by atoms with Crippen molar-refractivity contribution in [1.29, 1.82) is 0 Å². The Morgan fingerprint density at radius 1 is 0.619 bits per heavy atom. The molecule has 0 saturated carbocycles. The van der Waals surface area contributed by atoms with Crippen molar-refractivity contribution in [3.8, 4) is 0 Å². The highest BCUT2D eigenvalue weighted by Gasteiger charge is 2.02. The average molecular weight is 369 g/mol. The predicted octanol–water partition coefficient (Wildman–Crippen LogP) is 6.74. The molecule has 3 rings (SSSR count). The lowest BCUT2D eigenvalue weighted by Gasteiger charge is -1.98. The molecule has 5 heteroatoms. The molecule has 0 saturated heterocycles. The van der Waals surface area contributed by atoms with Crippen molar-refractivity contribution in [3.63, 3.8) is 0 Å². The van der Waals surface area contributed by atoms with Crippen LogP contribution in [0.25, 0.3) is 0 Å². The molecule has 0 aromatic carbocycles. The van der Waals surface area contributed by atoms with Crippen molar-refractivity contribution >= 4 is 57.5 Å². The van der Waals surface area contributed by atoms with E-state index in [9.17, 15) is 0 Å². The second-order valence-electron chi connectivity index (χ2n) is 4.51. The Labute approximate surface area is 146 Å². The lowest BCUT2D eigenvalue weighted by molar-refractivity contribution is 1.47. The second kappa shape index (κ2) is 8.44. The van der Waals surface area contributed by atoms with Gasteiger partial charge in [-0.2, -0.15) is 23.5 Å². The van der Waals surface area contributed by atoms with Crippen LogP contribution >= 0.6 is 57.5 Å². The molecule has 0 atom stereocenters. The zero-order valence-corrected chi connectivity index (χ0v) is 15.6. The second-order valence-corrected chi connectivity index (χ2v) is 9.80. The topological polar surface area (TPSA) is 0 Å². The predicted molar refractivity (Wildman–Crippen MR) is 103 cm³/mol. The van der Waals surface area contributed by atoms with E-state index in [4.69, 9.17) is 0 Å². The molecule has 3 heterocycles. The number of hydrogen-bond donors (Lipinski definition) is 0. The van der Waals surface area contributed by atoms with E-state index >= 15 is 0 Å². The Kier molecular flexibility index (Phi) is 6.30. The van der Waals surface area contributed by atoms with Crippen LogP contribution in [0.3, 0.4) is 0 Å². The zero-order valence-electron chi connectivity index (χ0n) is 11.5. The van der Waals surface area contributed by atoms with Crippen molar-refractivity contribution < 1.29 is 0 Å². The minimum Gasteiger partial charge on any atom is -0.151 e. The summed E-state index contributed by atoms with van der Waals surface area (Å²) in [6.07, 6.45) is 0. The van der Waals surface area contributed by atoms with Gasteiger partial charge in [0.05, 0.1) is 0 Å². The van der Waals surface area contributed by atoms with Gasteiger partial charge in [0.25, 0.3) is 0 Å². The molecule has 0 aliphatic rings. The molecule has 21 heavy (non-hydrogen) atoms. The normalized spacial score (nSPS) is 11.0. The van der Waals surface area contributed by atoms with Crippen molar-refractivity contribution in [2.45, 2.75) is 23.0 Å². The lowest BCUT2D eigenvalue weighted by Crippen LogP contribution is -1.76. The fourth-order valence-electron chi connectivity index (χ4n) is 1.87. The van der Waals surface area contributed by atoms with Crippen LogP contribution in [0.1, 0.15) is 19.5 Å². The van der Waals surface area contributed by atoms with E-state index in [1.165, 1.54) is 19.5 Å². The molecule has 0 amide bonds. The number of thioether (sulfide) groups is 2. The largest absolute Gasteiger partial charge is 0.151 e. The lowest BCUT2D eigenvalue weighted by atomic mass is 10.5. The minimum atomic E-state index is 1.14. The summed E-state index contributed by atoms with van der Waals surface area (Å²) >= 11 is 9.71. The molecule has 0 bridgehead atoms. The standard InChI is InChI=1S/C16H16S5/c1-3-13(19-7-1)9-17-11-15-5-6-16(21-15)12-18-10-14-4-2-8-20-14/h1-8H,9-12H2. The molecule has 3 aromatic heterocycles. The summed E-state index contributed by atoms with van der Waals surface area (Å²) in [5.41, 5.74) is 0. The van der Waals surface area contributed by atoms with Gasteiger partial charge in [0, 0.05) is 42.5 Å². The summed E-state index contributed by atoms with van der Waals surface area (Å²) < 4.78 is 0. The molecule has 0 N–H and O–H groups in total. The van der Waals surface area contributed by atoms with E-state index in [1.54, 1.807) is 0 Å². The van der Waals surface area contributed by atoms with Gasteiger partial charge in [-0.15, -0.1) is 34.0 Å². The molecule has 3 aromatic rings. The molecular formula is C16H16S5. The van der Waals surface area contributed by atoms with Crippen molar-refractivity contribution in [1.82, 2.24) is 0 Å². The van der Waals surface area contributed by atoms with Gasteiger partial charge in [0.2, 0.25) is 0 Å². The van der Waals surface area contributed by atoms with Crippen LogP contribution in [0.15, 0.2) is 47.2 Å².